The van der Waals surface area contributed by atoms with Gasteiger partial charge in [-0.1, -0.05) is 22.0 Å². The van der Waals surface area contributed by atoms with Crippen LogP contribution in [0, 0.1) is 6.92 Å². The Morgan fingerprint density at radius 3 is 2.55 bits per heavy atom. The Labute approximate surface area is 122 Å². The maximum Gasteiger partial charge on any atom is 0.416 e. The Bertz CT molecular complexity index is 628. The van der Waals surface area contributed by atoms with Crippen LogP contribution in [0.4, 0.5) is 13.2 Å². The topological polar surface area (TPSA) is 33.1 Å². The van der Waals surface area contributed by atoms with Crippen molar-refractivity contribution in [1.82, 2.24) is 4.98 Å². The van der Waals surface area contributed by atoms with Gasteiger partial charge in [-0.25, -0.2) is 0 Å². The van der Waals surface area contributed by atoms with Gasteiger partial charge >= 0.3 is 6.18 Å². The van der Waals surface area contributed by atoms with Crippen molar-refractivity contribution in [1.29, 1.82) is 0 Å². The number of benzene rings is 1. The molecule has 1 N–H and O–H groups in total. The molecule has 2 aromatic rings. The number of pyridine rings is 1. The summed E-state index contributed by atoms with van der Waals surface area (Å²) in [5, 5.41) is 10.3. The number of aryl methyl sites for hydroxylation is 1. The number of nitrogens with zero attached hydrogens (tertiary/aromatic N) is 1. The minimum absolute atomic E-state index is 0.249. The lowest BCUT2D eigenvalue weighted by molar-refractivity contribution is -0.139. The predicted molar refractivity (Wildman–Crippen MR) is 72.2 cm³/mol. The molecule has 0 saturated carbocycles. The quantitative estimate of drug-likeness (QED) is 0.882. The van der Waals surface area contributed by atoms with Crippen LogP contribution in [-0.4, -0.2) is 10.1 Å². The molecule has 0 radical (unpaired) electrons. The van der Waals surface area contributed by atoms with Gasteiger partial charge in [0.2, 0.25) is 0 Å². The first kappa shape index (κ1) is 15.0. The molecule has 1 aromatic carbocycles. The van der Waals surface area contributed by atoms with E-state index >= 15 is 0 Å². The van der Waals surface area contributed by atoms with E-state index in [1.165, 1.54) is 0 Å². The van der Waals surface area contributed by atoms with Gasteiger partial charge in [0.05, 0.1) is 5.56 Å². The number of alkyl halides is 3. The second-order valence-electron chi connectivity index (χ2n) is 4.36. The fourth-order valence-electron chi connectivity index (χ4n) is 1.96. The Morgan fingerprint density at radius 2 is 1.90 bits per heavy atom. The number of hydrogen-bond donors (Lipinski definition) is 1. The third-order valence-corrected chi connectivity index (χ3v) is 3.48. The molecule has 0 aliphatic heterocycles. The smallest absolute Gasteiger partial charge is 0.384 e. The molecule has 2 rings (SSSR count). The lowest BCUT2D eigenvalue weighted by Gasteiger charge is -2.19. The molecule has 0 bridgehead atoms. The molecular formula is C14H11BrF3NO. The lowest BCUT2D eigenvalue weighted by Crippen LogP contribution is -2.13. The van der Waals surface area contributed by atoms with Gasteiger partial charge in [-0.05, 0) is 36.2 Å². The summed E-state index contributed by atoms with van der Waals surface area (Å²) >= 11 is 3.25. The van der Waals surface area contributed by atoms with Gasteiger partial charge in [-0.3, -0.25) is 4.98 Å². The van der Waals surface area contributed by atoms with E-state index in [0.29, 0.717) is 15.6 Å². The number of rotatable bonds is 2. The minimum atomic E-state index is -4.53. The predicted octanol–water partition coefficient (Wildman–Crippen LogP) is 4.25. The Balaban J connectivity index is 2.54. The van der Waals surface area contributed by atoms with E-state index in [0.717, 1.165) is 18.5 Å². The van der Waals surface area contributed by atoms with Crippen LogP contribution in [0.5, 0.6) is 0 Å². The van der Waals surface area contributed by atoms with Crippen LogP contribution in [0.1, 0.15) is 28.4 Å². The maximum atomic E-state index is 13.0. The highest BCUT2D eigenvalue weighted by molar-refractivity contribution is 9.10. The zero-order chi connectivity index (χ0) is 14.9. The summed E-state index contributed by atoms with van der Waals surface area (Å²) in [6, 6.07) is 5.96. The summed E-state index contributed by atoms with van der Waals surface area (Å²) in [6.45, 7) is 1.73. The van der Waals surface area contributed by atoms with Crippen LogP contribution in [0.3, 0.4) is 0 Å². The maximum absolute atomic E-state index is 13.0. The second kappa shape index (κ2) is 5.54. The molecule has 20 heavy (non-hydrogen) atoms. The molecule has 0 aliphatic carbocycles. The molecule has 106 valence electrons. The number of halogens is 4. The monoisotopic (exact) mass is 345 g/mol. The lowest BCUT2D eigenvalue weighted by atomic mass is 9.95. The van der Waals surface area contributed by atoms with Crippen molar-refractivity contribution < 1.29 is 18.3 Å². The van der Waals surface area contributed by atoms with Gasteiger partial charge in [0.25, 0.3) is 0 Å². The molecule has 1 aromatic heterocycles. The summed E-state index contributed by atoms with van der Waals surface area (Å²) in [6.07, 6.45) is -3.79. The normalized spacial score (nSPS) is 13.3. The first-order valence-electron chi connectivity index (χ1n) is 5.76. The Kier molecular flexibility index (Phi) is 4.15. The number of aromatic nitrogens is 1. The minimum Gasteiger partial charge on any atom is -0.384 e. The van der Waals surface area contributed by atoms with Crippen molar-refractivity contribution in [3.63, 3.8) is 0 Å². The largest absolute Gasteiger partial charge is 0.416 e. The zero-order valence-corrected chi connectivity index (χ0v) is 12.0. The van der Waals surface area contributed by atoms with Crippen LogP contribution < -0.4 is 0 Å². The van der Waals surface area contributed by atoms with Crippen LogP contribution in [0.2, 0.25) is 0 Å². The highest BCUT2D eigenvalue weighted by Gasteiger charge is 2.35. The fourth-order valence-corrected chi connectivity index (χ4v) is 2.33. The van der Waals surface area contributed by atoms with Crippen molar-refractivity contribution >= 4 is 15.9 Å². The van der Waals surface area contributed by atoms with E-state index in [1.807, 2.05) is 0 Å². The van der Waals surface area contributed by atoms with Crippen molar-refractivity contribution in [3.05, 3.63) is 63.4 Å². The average Bonchev–Trinajstić information content (AvgIpc) is 2.40. The molecule has 1 unspecified atom stereocenters. The van der Waals surface area contributed by atoms with E-state index in [9.17, 15) is 18.3 Å². The highest BCUT2D eigenvalue weighted by Crippen LogP contribution is 2.37. The zero-order valence-electron chi connectivity index (χ0n) is 10.4. The Morgan fingerprint density at radius 1 is 1.20 bits per heavy atom. The van der Waals surface area contributed by atoms with Crippen molar-refractivity contribution in [2.45, 2.75) is 19.2 Å². The van der Waals surface area contributed by atoms with E-state index in [-0.39, 0.29) is 5.56 Å². The Hall–Kier alpha value is -1.40. The first-order chi connectivity index (χ1) is 9.30. The van der Waals surface area contributed by atoms with Gasteiger partial charge in [0, 0.05) is 22.4 Å². The molecule has 0 fully saturated rings. The molecule has 0 saturated heterocycles. The summed E-state index contributed by atoms with van der Waals surface area (Å²) < 4.78 is 39.6. The summed E-state index contributed by atoms with van der Waals surface area (Å²) in [4.78, 5) is 3.69. The summed E-state index contributed by atoms with van der Waals surface area (Å²) in [5.74, 6) is 0. The molecular weight excluding hydrogens is 335 g/mol. The van der Waals surface area contributed by atoms with Gasteiger partial charge in [-0.2, -0.15) is 13.2 Å². The number of hydrogen-bond acceptors (Lipinski definition) is 2. The van der Waals surface area contributed by atoms with Crippen LogP contribution >= 0.6 is 15.9 Å². The SMILES string of the molecule is Cc1ccc(Br)cc1C(O)c1cnccc1C(F)(F)F. The number of aliphatic hydroxyl groups excluding tert-OH is 1. The van der Waals surface area contributed by atoms with Crippen molar-refractivity contribution in [2.75, 3.05) is 0 Å². The second-order valence-corrected chi connectivity index (χ2v) is 5.28. The fraction of sp³-hybridized carbons (Fsp3) is 0.214. The van der Waals surface area contributed by atoms with Crippen LogP contribution in [0.15, 0.2) is 41.1 Å². The van der Waals surface area contributed by atoms with E-state index in [2.05, 4.69) is 20.9 Å². The average molecular weight is 346 g/mol. The van der Waals surface area contributed by atoms with Gasteiger partial charge in [0.15, 0.2) is 0 Å². The molecule has 0 spiro atoms. The van der Waals surface area contributed by atoms with Crippen molar-refractivity contribution in [3.8, 4) is 0 Å². The molecule has 1 heterocycles. The molecule has 0 aliphatic rings. The third-order valence-electron chi connectivity index (χ3n) is 2.99. The summed E-state index contributed by atoms with van der Waals surface area (Å²) in [5.41, 5.74) is -0.00359. The summed E-state index contributed by atoms with van der Waals surface area (Å²) in [7, 11) is 0. The van der Waals surface area contributed by atoms with Gasteiger partial charge in [0.1, 0.15) is 6.10 Å². The molecule has 6 heteroatoms. The van der Waals surface area contributed by atoms with E-state index in [4.69, 9.17) is 0 Å². The molecule has 2 nitrogen and oxygen atoms in total. The van der Waals surface area contributed by atoms with E-state index < -0.39 is 17.8 Å². The third kappa shape index (κ3) is 3.02. The van der Waals surface area contributed by atoms with Crippen molar-refractivity contribution in [2.24, 2.45) is 0 Å². The van der Waals surface area contributed by atoms with E-state index in [1.54, 1.807) is 25.1 Å². The first-order valence-corrected chi connectivity index (χ1v) is 6.55. The highest BCUT2D eigenvalue weighted by atomic mass is 79.9. The standard InChI is InChI=1S/C14H11BrF3NO/c1-8-2-3-9(15)6-10(8)13(20)11-7-19-5-4-12(11)14(16,17)18/h2-7,13,20H,1H3. The molecule has 0 amide bonds. The molecule has 1 atom stereocenters. The van der Waals surface area contributed by atoms with Gasteiger partial charge in [-0.15, -0.1) is 0 Å². The van der Waals surface area contributed by atoms with Crippen LogP contribution in [-0.2, 0) is 6.18 Å². The number of aliphatic hydroxyl groups is 1. The van der Waals surface area contributed by atoms with Crippen LogP contribution in [0.25, 0.3) is 0 Å². The van der Waals surface area contributed by atoms with Gasteiger partial charge < -0.3 is 5.11 Å².